The number of hydrogen-bond donors (Lipinski definition) is 1. The molecule has 39 heavy (non-hydrogen) atoms. The van der Waals surface area contributed by atoms with Crippen molar-refractivity contribution in [3.8, 4) is 22.4 Å². The van der Waals surface area contributed by atoms with Gasteiger partial charge in [-0.25, -0.2) is 4.98 Å². The summed E-state index contributed by atoms with van der Waals surface area (Å²) in [6, 6.07) is 17.6. The lowest BCUT2D eigenvalue weighted by Gasteiger charge is -2.38. The molecule has 2 aromatic carbocycles. The molecule has 6 nitrogen and oxygen atoms in total. The summed E-state index contributed by atoms with van der Waals surface area (Å²) in [5.41, 5.74) is 8.15. The molecule has 6 rings (SSSR count). The first kappa shape index (κ1) is 25.7. The number of carbonyl (C=O) groups excluding carboxylic acids is 1. The Morgan fingerprint density at radius 3 is 2.49 bits per heavy atom. The highest BCUT2D eigenvalue weighted by Gasteiger charge is 2.25. The Balaban J connectivity index is 1.41. The van der Waals surface area contributed by atoms with Crippen LogP contribution in [0.4, 0.5) is 11.4 Å². The minimum absolute atomic E-state index is 0.0724. The first-order chi connectivity index (χ1) is 18.9. The van der Waals surface area contributed by atoms with Crippen LogP contribution in [0, 0.1) is 0 Å². The number of anilines is 2. The summed E-state index contributed by atoms with van der Waals surface area (Å²) in [5, 5.41) is 1.54. The molecule has 0 atom stereocenters. The number of nitrogens with one attached hydrogen (secondary N) is 1. The van der Waals surface area contributed by atoms with Gasteiger partial charge in [-0.1, -0.05) is 42.4 Å². The summed E-state index contributed by atoms with van der Waals surface area (Å²) in [5.74, 6) is -0.0724. The van der Waals surface area contributed by atoms with E-state index in [1.165, 1.54) is 17.3 Å². The number of aromatic nitrogens is 2. The highest BCUT2D eigenvalue weighted by molar-refractivity contribution is 6.36. The normalized spacial score (nSPS) is 16.1. The minimum atomic E-state index is -0.0724. The van der Waals surface area contributed by atoms with Gasteiger partial charge in [0.15, 0.2) is 0 Å². The van der Waals surface area contributed by atoms with Gasteiger partial charge in [0.25, 0.3) is 0 Å². The number of piperazine rings is 1. The van der Waals surface area contributed by atoms with Crippen LogP contribution in [-0.2, 0) is 11.2 Å². The second kappa shape index (κ2) is 10.5. The molecule has 0 saturated carbocycles. The van der Waals surface area contributed by atoms with Crippen LogP contribution in [0.15, 0.2) is 67.4 Å². The van der Waals surface area contributed by atoms with Crippen molar-refractivity contribution in [3.05, 3.63) is 78.0 Å². The number of halogens is 1. The molecule has 2 aliphatic heterocycles. The topological polar surface area (TPSA) is 55.5 Å². The van der Waals surface area contributed by atoms with Crippen molar-refractivity contribution in [2.24, 2.45) is 0 Å². The van der Waals surface area contributed by atoms with Gasteiger partial charge >= 0.3 is 0 Å². The van der Waals surface area contributed by atoms with Gasteiger partial charge in [0.1, 0.15) is 5.65 Å². The monoisotopic (exact) mass is 539 g/mol. The zero-order valence-electron chi connectivity index (χ0n) is 22.6. The molecule has 0 spiro atoms. The Morgan fingerprint density at radius 2 is 1.77 bits per heavy atom. The molecule has 0 aliphatic carbocycles. The first-order valence-electron chi connectivity index (χ1n) is 13.8. The van der Waals surface area contributed by atoms with Crippen molar-refractivity contribution in [1.82, 2.24) is 14.9 Å². The Labute approximate surface area is 234 Å². The summed E-state index contributed by atoms with van der Waals surface area (Å²) in [4.78, 5) is 27.6. The van der Waals surface area contributed by atoms with Gasteiger partial charge in [-0.2, -0.15) is 0 Å². The van der Waals surface area contributed by atoms with Crippen LogP contribution in [0.5, 0.6) is 0 Å². The molecule has 0 unspecified atom stereocenters. The van der Waals surface area contributed by atoms with Crippen molar-refractivity contribution in [3.63, 3.8) is 0 Å². The van der Waals surface area contributed by atoms with Crippen molar-refractivity contribution in [2.45, 2.75) is 32.7 Å². The molecular formula is C32H34ClN5O. The van der Waals surface area contributed by atoms with Gasteiger partial charge in [-0.3, -0.25) is 9.69 Å². The van der Waals surface area contributed by atoms with Gasteiger partial charge in [0.2, 0.25) is 5.91 Å². The molecule has 1 saturated heterocycles. The molecule has 0 radical (unpaired) electrons. The highest BCUT2D eigenvalue weighted by Crippen LogP contribution is 2.43. The molecular weight excluding hydrogens is 506 g/mol. The largest absolute Gasteiger partial charge is 0.369 e. The Bertz CT molecular complexity index is 1530. The zero-order chi connectivity index (χ0) is 27.1. The fourth-order valence-electron chi connectivity index (χ4n) is 5.99. The third kappa shape index (κ3) is 4.72. The second-order valence-corrected chi connectivity index (χ2v) is 11.1. The van der Waals surface area contributed by atoms with E-state index < -0.39 is 0 Å². The molecule has 4 heterocycles. The van der Waals surface area contributed by atoms with Crippen molar-refractivity contribution in [1.29, 1.82) is 0 Å². The molecule has 2 aromatic heterocycles. The quantitative estimate of drug-likeness (QED) is 0.292. The number of fused-ring (bicyclic) bond motifs is 2. The van der Waals surface area contributed by atoms with Gasteiger partial charge in [0, 0.05) is 67.3 Å². The highest BCUT2D eigenvalue weighted by atomic mass is 35.5. The van der Waals surface area contributed by atoms with Crippen LogP contribution < -0.4 is 9.80 Å². The smallest absolute Gasteiger partial charge is 0.250 e. The van der Waals surface area contributed by atoms with Crippen LogP contribution in [-0.4, -0.2) is 59.5 Å². The van der Waals surface area contributed by atoms with E-state index in [4.69, 9.17) is 11.6 Å². The number of carbonyl (C=O) groups is 1. The van der Waals surface area contributed by atoms with Crippen LogP contribution >= 0.6 is 11.6 Å². The number of amides is 1. The van der Waals surface area contributed by atoms with Gasteiger partial charge in [0.05, 0.1) is 10.7 Å². The molecule has 1 N–H and O–H groups in total. The number of H-pyrrole nitrogens is 1. The molecule has 4 aromatic rings. The Morgan fingerprint density at radius 1 is 1.03 bits per heavy atom. The van der Waals surface area contributed by atoms with Crippen molar-refractivity contribution in [2.75, 3.05) is 42.5 Å². The molecule has 1 amide bonds. The maximum atomic E-state index is 12.7. The minimum Gasteiger partial charge on any atom is -0.369 e. The van der Waals surface area contributed by atoms with Crippen LogP contribution in [0.1, 0.15) is 25.8 Å². The lowest BCUT2D eigenvalue weighted by Crippen LogP contribution is -2.48. The molecule has 7 heteroatoms. The summed E-state index contributed by atoms with van der Waals surface area (Å²) < 4.78 is 0. The lowest BCUT2D eigenvalue weighted by molar-refractivity contribution is -0.114. The third-order valence-electron chi connectivity index (χ3n) is 8.14. The summed E-state index contributed by atoms with van der Waals surface area (Å²) in [6.07, 6.45) is 5.02. The maximum absolute atomic E-state index is 12.7. The molecule has 1 fully saturated rings. The number of pyridine rings is 1. The molecule has 200 valence electrons. The number of hydrogen-bond acceptors (Lipinski definition) is 4. The summed E-state index contributed by atoms with van der Waals surface area (Å²) >= 11 is 6.77. The van der Waals surface area contributed by atoms with E-state index in [-0.39, 0.29) is 5.91 Å². The van der Waals surface area contributed by atoms with E-state index in [9.17, 15) is 4.79 Å². The van der Waals surface area contributed by atoms with Crippen LogP contribution in [0.2, 0.25) is 5.02 Å². The van der Waals surface area contributed by atoms with Crippen LogP contribution in [0.25, 0.3) is 33.4 Å². The van der Waals surface area contributed by atoms with E-state index in [0.717, 1.165) is 78.1 Å². The molecule has 0 bridgehead atoms. The zero-order valence-corrected chi connectivity index (χ0v) is 23.3. The predicted octanol–water partition coefficient (Wildman–Crippen LogP) is 6.55. The van der Waals surface area contributed by atoms with Crippen LogP contribution in [0.3, 0.4) is 0 Å². The fraction of sp³-hybridized carbons (Fsp3) is 0.312. The summed E-state index contributed by atoms with van der Waals surface area (Å²) in [7, 11) is 0. The standard InChI is InChI=1S/C32H34ClN5O/c1-4-28(39)38-15-5-6-22-7-8-24(20-27(22)38)29-30-26(33)13-14-34-32(30)35-31(29)23-9-11-25(12-10-23)37-18-16-36(17-19-37)21(2)3/h4,7-14,20-21H,1,5-6,15-19H2,2-3H3,(H,34,35). The van der Waals surface area contributed by atoms with E-state index in [1.807, 2.05) is 11.0 Å². The Hall–Kier alpha value is -3.61. The van der Waals surface area contributed by atoms with E-state index in [0.29, 0.717) is 17.6 Å². The van der Waals surface area contributed by atoms with Gasteiger partial charge < -0.3 is 14.8 Å². The number of rotatable bonds is 5. The third-order valence-corrected chi connectivity index (χ3v) is 8.46. The molecule has 2 aliphatic rings. The number of nitrogens with zero attached hydrogens (tertiary/aromatic N) is 4. The van der Waals surface area contributed by atoms with Crippen molar-refractivity contribution < 1.29 is 4.79 Å². The lowest BCUT2D eigenvalue weighted by atomic mass is 9.94. The maximum Gasteiger partial charge on any atom is 0.250 e. The van der Waals surface area contributed by atoms with E-state index in [2.05, 4.69) is 82.7 Å². The van der Waals surface area contributed by atoms with E-state index in [1.54, 1.807) is 6.20 Å². The average molecular weight is 540 g/mol. The number of aromatic amines is 1. The van der Waals surface area contributed by atoms with Gasteiger partial charge in [-0.05, 0) is 73.7 Å². The number of aryl methyl sites for hydroxylation is 1. The Kier molecular flexibility index (Phi) is 6.92. The first-order valence-corrected chi connectivity index (χ1v) is 14.1. The predicted molar refractivity (Wildman–Crippen MR) is 162 cm³/mol. The number of benzene rings is 2. The van der Waals surface area contributed by atoms with E-state index >= 15 is 0 Å². The average Bonchev–Trinajstić information content (AvgIpc) is 3.37. The SMILES string of the molecule is C=CC(=O)N1CCCc2ccc(-c3c(-c4ccc(N5CCN(C(C)C)CC5)cc4)[nH]c4nccc(Cl)c34)cc21. The fourth-order valence-corrected chi connectivity index (χ4v) is 6.23. The summed E-state index contributed by atoms with van der Waals surface area (Å²) in [6.45, 7) is 13.2. The second-order valence-electron chi connectivity index (χ2n) is 10.7. The van der Waals surface area contributed by atoms with Gasteiger partial charge in [-0.15, -0.1) is 0 Å². The van der Waals surface area contributed by atoms with Crippen molar-refractivity contribution >= 4 is 39.9 Å².